The van der Waals surface area contributed by atoms with Crippen LogP contribution in [0.1, 0.15) is 25.8 Å². The number of hydrogen-bond donors (Lipinski definition) is 2. The Bertz CT molecular complexity index is 609. The molecule has 0 saturated heterocycles. The zero-order valence-electron chi connectivity index (χ0n) is 12.8. The first-order valence-electron chi connectivity index (χ1n) is 6.98. The Hall–Kier alpha value is -1.56. The number of esters is 1. The lowest BCUT2D eigenvalue weighted by Crippen LogP contribution is -2.31. The van der Waals surface area contributed by atoms with Gasteiger partial charge in [-0.25, -0.2) is 9.65 Å². The molecule has 0 bridgehead atoms. The fraction of sp³-hybridized carbons (Fsp3) is 0.429. The molecular weight excluding hydrogens is 345 g/mol. The Morgan fingerprint density at radius 1 is 1.39 bits per heavy atom. The molecule has 2 atom stereocenters. The molecule has 2 N–H and O–H groups in total. The lowest BCUT2D eigenvalue weighted by Gasteiger charge is -2.18. The fourth-order valence-corrected chi connectivity index (χ4v) is 3.43. The average molecular weight is 364 g/mol. The van der Waals surface area contributed by atoms with Crippen molar-refractivity contribution in [1.82, 2.24) is 5.09 Å². The van der Waals surface area contributed by atoms with Crippen molar-refractivity contribution in [1.29, 1.82) is 0 Å². The van der Waals surface area contributed by atoms with Crippen LogP contribution in [0.2, 0.25) is 0 Å². The molecule has 0 heterocycles. The number of ether oxygens (including phenoxy) is 1. The molecule has 23 heavy (non-hydrogen) atoms. The molecule has 0 saturated carbocycles. The molecule has 7 nitrogen and oxygen atoms in total. The highest BCUT2D eigenvalue weighted by molar-refractivity contribution is 7.84. The minimum atomic E-state index is -3.89. The van der Waals surface area contributed by atoms with Crippen molar-refractivity contribution in [2.24, 2.45) is 0 Å². The van der Waals surface area contributed by atoms with E-state index in [0.29, 0.717) is 18.6 Å². The van der Waals surface area contributed by atoms with Crippen LogP contribution in [0.3, 0.4) is 0 Å². The number of carbonyl (C=O) groups is 2. The van der Waals surface area contributed by atoms with Crippen LogP contribution in [-0.2, 0) is 25.3 Å². The van der Waals surface area contributed by atoms with Crippen LogP contribution in [0.15, 0.2) is 24.3 Å². The number of para-hydroxylation sites is 1. The zero-order valence-corrected chi connectivity index (χ0v) is 14.5. The SMILES string of the molecule is CCOC(=O)CCc1ccccc1OP(=O)(Cl)NC(C)C(=O)O. The van der Waals surface area contributed by atoms with E-state index < -0.39 is 18.9 Å². The van der Waals surface area contributed by atoms with Crippen molar-refractivity contribution in [2.75, 3.05) is 6.61 Å². The van der Waals surface area contributed by atoms with E-state index in [0.717, 1.165) is 0 Å². The monoisotopic (exact) mass is 363 g/mol. The number of carboxylic acids is 1. The third kappa shape index (κ3) is 7.03. The Balaban J connectivity index is 2.78. The third-order valence-electron chi connectivity index (χ3n) is 2.81. The molecule has 1 rings (SSSR count). The maximum atomic E-state index is 12.2. The standard InChI is InChI=1S/C14H19ClNO6P/c1-3-21-13(17)9-8-11-6-4-5-7-12(11)22-23(15,20)16-10(2)14(18)19/h4-7,10H,3,8-9H2,1-2H3,(H,16,20)(H,18,19). The van der Waals surface area contributed by atoms with Gasteiger partial charge in [0.15, 0.2) is 0 Å². The Morgan fingerprint density at radius 3 is 2.65 bits per heavy atom. The first-order chi connectivity index (χ1) is 10.7. The molecule has 1 aromatic carbocycles. The van der Waals surface area contributed by atoms with Gasteiger partial charge >= 0.3 is 18.8 Å². The average Bonchev–Trinajstić information content (AvgIpc) is 2.45. The number of aryl methyl sites for hydroxylation is 1. The zero-order chi connectivity index (χ0) is 17.5. The van der Waals surface area contributed by atoms with E-state index in [2.05, 4.69) is 5.09 Å². The number of benzene rings is 1. The molecule has 128 valence electrons. The van der Waals surface area contributed by atoms with Crippen molar-refractivity contribution in [2.45, 2.75) is 32.7 Å². The maximum absolute atomic E-state index is 12.2. The predicted octanol–water partition coefficient (Wildman–Crippen LogP) is 2.97. The quantitative estimate of drug-likeness (QED) is 0.513. The summed E-state index contributed by atoms with van der Waals surface area (Å²) < 4.78 is 22.3. The van der Waals surface area contributed by atoms with Gasteiger partial charge in [0.05, 0.1) is 6.61 Å². The summed E-state index contributed by atoms with van der Waals surface area (Å²) in [4.78, 5) is 22.2. The van der Waals surface area contributed by atoms with Crippen molar-refractivity contribution in [3.8, 4) is 5.75 Å². The van der Waals surface area contributed by atoms with E-state index in [9.17, 15) is 14.2 Å². The largest absolute Gasteiger partial charge is 0.480 e. The highest BCUT2D eigenvalue weighted by atomic mass is 35.7. The molecule has 0 spiro atoms. The van der Waals surface area contributed by atoms with E-state index >= 15 is 0 Å². The number of aliphatic carboxylic acids is 1. The topological polar surface area (TPSA) is 102 Å². The minimum Gasteiger partial charge on any atom is -0.480 e. The molecule has 1 aromatic rings. The molecule has 0 aliphatic rings. The van der Waals surface area contributed by atoms with E-state index in [-0.39, 0.29) is 18.1 Å². The first-order valence-corrected chi connectivity index (χ1v) is 9.51. The number of hydrogen-bond acceptors (Lipinski definition) is 5. The lowest BCUT2D eigenvalue weighted by atomic mass is 10.1. The van der Waals surface area contributed by atoms with Crippen LogP contribution in [0, 0.1) is 0 Å². The van der Waals surface area contributed by atoms with Gasteiger partial charge in [0.2, 0.25) is 0 Å². The minimum absolute atomic E-state index is 0.139. The third-order valence-corrected chi connectivity index (χ3v) is 4.44. The molecule has 0 amide bonds. The molecule has 0 fully saturated rings. The number of nitrogens with one attached hydrogen (secondary N) is 1. The maximum Gasteiger partial charge on any atom is 0.409 e. The molecule has 2 unspecified atom stereocenters. The summed E-state index contributed by atoms with van der Waals surface area (Å²) in [5.74, 6) is -1.33. The Kier molecular flexibility index (Phi) is 7.55. The normalized spacial score (nSPS) is 14.6. The van der Waals surface area contributed by atoms with Crippen LogP contribution >= 0.6 is 18.1 Å². The summed E-state index contributed by atoms with van der Waals surface area (Å²) in [5, 5.41) is 11.0. The number of halogens is 1. The number of carbonyl (C=O) groups excluding carboxylic acids is 1. The van der Waals surface area contributed by atoms with E-state index in [1.807, 2.05) is 0 Å². The summed E-state index contributed by atoms with van der Waals surface area (Å²) in [6.45, 7) is -0.575. The summed E-state index contributed by atoms with van der Waals surface area (Å²) in [6.07, 6.45) is 0.458. The summed E-state index contributed by atoms with van der Waals surface area (Å²) in [6, 6.07) is 5.50. The van der Waals surface area contributed by atoms with E-state index in [1.54, 1.807) is 31.2 Å². The number of rotatable bonds is 9. The van der Waals surface area contributed by atoms with Crippen LogP contribution in [0.5, 0.6) is 5.75 Å². The van der Waals surface area contributed by atoms with Gasteiger partial charge in [-0.1, -0.05) is 18.2 Å². The van der Waals surface area contributed by atoms with Gasteiger partial charge < -0.3 is 14.4 Å². The number of carboxylic acid groups (broad SMARTS) is 1. The van der Waals surface area contributed by atoms with Crippen molar-refractivity contribution >= 4 is 30.1 Å². The van der Waals surface area contributed by atoms with Crippen LogP contribution in [0.25, 0.3) is 0 Å². The Labute approximate surface area is 139 Å². The second kappa shape index (κ2) is 8.91. The van der Waals surface area contributed by atoms with Gasteiger partial charge in [0, 0.05) is 17.7 Å². The smallest absolute Gasteiger partial charge is 0.409 e. The molecule has 0 aliphatic carbocycles. The van der Waals surface area contributed by atoms with E-state index in [4.69, 9.17) is 25.6 Å². The second-order valence-corrected chi connectivity index (χ2v) is 7.41. The molecule has 0 aromatic heterocycles. The highest BCUT2D eigenvalue weighted by Crippen LogP contribution is 2.49. The molecule has 0 aliphatic heterocycles. The van der Waals surface area contributed by atoms with Crippen LogP contribution < -0.4 is 9.61 Å². The van der Waals surface area contributed by atoms with Gasteiger partial charge in [-0.3, -0.25) is 9.59 Å². The summed E-state index contributed by atoms with van der Waals surface area (Å²) in [5.41, 5.74) is 0.617. The van der Waals surface area contributed by atoms with Gasteiger partial charge in [-0.2, -0.15) is 0 Å². The fourth-order valence-electron chi connectivity index (χ4n) is 1.71. The predicted molar refractivity (Wildman–Crippen MR) is 85.7 cm³/mol. The van der Waals surface area contributed by atoms with Gasteiger partial charge in [-0.05, 0) is 31.9 Å². The molecule has 9 heteroatoms. The summed E-state index contributed by atoms with van der Waals surface area (Å²) >= 11 is 5.76. The van der Waals surface area contributed by atoms with Gasteiger partial charge in [-0.15, -0.1) is 0 Å². The highest BCUT2D eigenvalue weighted by Gasteiger charge is 2.27. The van der Waals surface area contributed by atoms with Gasteiger partial charge in [0.1, 0.15) is 11.8 Å². The van der Waals surface area contributed by atoms with Crippen molar-refractivity contribution in [3.63, 3.8) is 0 Å². The van der Waals surface area contributed by atoms with Gasteiger partial charge in [0.25, 0.3) is 0 Å². The second-order valence-electron chi connectivity index (χ2n) is 4.67. The van der Waals surface area contributed by atoms with Crippen LogP contribution in [-0.4, -0.2) is 29.7 Å². The molecule has 0 radical (unpaired) electrons. The summed E-state index contributed by atoms with van der Waals surface area (Å²) in [7, 11) is 0. The Morgan fingerprint density at radius 2 is 2.04 bits per heavy atom. The van der Waals surface area contributed by atoms with Crippen LogP contribution in [0.4, 0.5) is 0 Å². The van der Waals surface area contributed by atoms with E-state index in [1.165, 1.54) is 6.92 Å². The van der Waals surface area contributed by atoms with Crippen molar-refractivity contribution in [3.05, 3.63) is 29.8 Å². The van der Waals surface area contributed by atoms with Crippen molar-refractivity contribution < 1.29 is 28.5 Å². The lowest BCUT2D eigenvalue weighted by molar-refractivity contribution is -0.143. The molecular formula is C14H19ClNO6P. The first kappa shape index (κ1) is 19.5.